The van der Waals surface area contributed by atoms with Crippen LogP contribution < -0.4 is 42.4 Å². The molecule has 1 atom stereocenters. The van der Waals surface area contributed by atoms with Crippen molar-refractivity contribution < 1.29 is 24.9 Å². The number of pyridine rings is 1. The van der Waals surface area contributed by atoms with E-state index in [2.05, 4.69) is 15.1 Å². The number of nitrogens with one attached hydrogen (secondary N) is 1. The molecule has 2 aromatic heterocycles. The van der Waals surface area contributed by atoms with Crippen LogP contribution in [0, 0.1) is 10.4 Å². The first kappa shape index (κ1) is 30.0. The fourth-order valence-electron chi connectivity index (χ4n) is 6.53. The Morgan fingerprint density at radius 3 is 2.36 bits per heavy atom. The van der Waals surface area contributed by atoms with Crippen molar-refractivity contribution in [1.82, 2.24) is 15.0 Å². The van der Waals surface area contributed by atoms with Crippen molar-refractivity contribution in [3.05, 3.63) is 123 Å². The Morgan fingerprint density at radius 1 is 1.04 bits per heavy atom. The van der Waals surface area contributed by atoms with Gasteiger partial charge < -0.3 is 25.0 Å². The van der Waals surface area contributed by atoms with Crippen LogP contribution in [0.3, 0.4) is 0 Å². The second-order valence-electron chi connectivity index (χ2n) is 11.0. The largest absolute Gasteiger partial charge is 0.510 e. The van der Waals surface area contributed by atoms with Gasteiger partial charge >= 0.3 is 5.91 Å². The van der Waals surface area contributed by atoms with Crippen LogP contribution in [0.2, 0.25) is 4.34 Å². The molecular formula is C31H19ClN4O10S. The van der Waals surface area contributed by atoms with Gasteiger partial charge in [-0.1, -0.05) is 29.0 Å². The molecule has 1 amide bonds. The van der Waals surface area contributed by atoms with Crippen LogP contribution in [0.1, 0.15) is 33.0 Å². The number of carbonyl (C=O) groups excluding carboxylic acids is 1. The Kier molecular flexibility index (Phi) is 6.49. The van der Waals surface area contributed by atoms with Crippen molar-refractivity contribution in [2.75, 3.05) is 14.2 Å². The topological polar surface area (TPSA) is 217 Å². The van der Waals surface area contributed by atoms with Gasteiger partial charge in [0.05, 0.1) is 51.5 Å². The molecule has 0 radical (unpaired) electrons. The molecule has 16 heteroatoms. The van der Waals surface area contributed by atoms with E-state index in [0.717, 1.165) is 29.5 Å². The van der Waals surface area contributed by atoms with Gasteiger partial charge in [0.25, 0.3) is 5.56 Å². The van der Waals surface area contributed by atoms with Gasteiger partial charge in [0.15, 0.2) is 16.2 Å². The van der Waals surface area contributed by atoms with Crippen LogP contribution in [0.4, 0.5) is 0 Å². The highest BCUT2D eigenvalue weighted by Crippen LogP contribution is 2.54. The number of rotatable bonds is 4. The summed E-state index contributed by atoms with van der Waals surface area (Å²) >= 11 is 6.81. The Balaban J connectivity index is 1.41. The Morgan fingerprint density at radius 2 is 1.72 bits per heavy atom. The van der Waals surface area contributed by atoms with E-state index in [0.29, 0.717) is 9.90 Å². The van der Waals surface area contributed by atoms with Crippen molar-refractivity contribution in [3.8, 4) is 11.5 Å². The predicted octanol–water partition coefficient (Wildman–Crippen LogP) is -0.270. The first-order valence-electron chi connectivity index (χ1n) is 13.7. The molecule has 2 heterocycles. The molecule has 0 saturated carbocycles. The maximum atomic E-state index is 13.6. The number of H-pyrrole nitrogens is 1. The second kappa shape index (κ2) is 10.2. The van der Waals surface area contributed by atoms with E-state index in [1.165, 1.54) is 25.5 Å². The first-order chi connectivity index (χ1) is 22.3. The number of aryl methyl sites for hydroxylation is 1. The molecule has 236 valence electrons. The number of aromatic amines is 1. The SMILES string of the molecule is COc1cc(=O)c2c(=O)c3c(c(=O)c=2c1=O)=C(O)[C@]1(CCc2cc4cc(C=NN(C)C(=O)c5ncc(Cl)s5)[nH]c(=O)c4c(O)c21)C=3O. The number of amides is 1. The molecule has 1 aromatic carbocycles. The minimum absolute atomic E-state index is 0.105. The molecule has 0 unspecified atom stereocenters. The third-order valence-corrected chi connectivity index (χ3v) is 9.70. The zero-order valence-electron chi connectivity index (χ0n) is 24.1. The quantitative estimate of drug-likeness (QED) is 0.144. The summed E-state index contributed by atoms with van der Waals surface area (Å²) in [6, 6.07) is 3.80. The molecule has 3 aromatic rings. The molecule has 0 bridgehead atoms. The number of methoxy groups -OCH3 is 1. The molecular weight excluding hydrogens is 656 g/mol. The highest BCUT2D eigenvalue weighted by Gasteiger charge is 2.53. The third-order valence-electron chi connectivity index (χ3n) is 8.60. The number of aromatic hydroxyl groups is 1. The molecule has 0 fully saturated rings. The molecule has 14 nitrogen and oxygen atoms in total. The number of phenolic OH excluding ortho intramolecular Hbond substituents is 1. The number of nitrogens with zero attached hydrogens (tertiary/aromatic N) is 3. The van der Waals surface area contributed by atoms with Gasteiger partial charge in [0.2, 0.25) is 16.3 Å². The van der Waals surface area contributed by atoms with E-state index in [1.807, 2.05) is 0 Å². The van der Waals surface area contributed by atoms with Gasteiger partial charge in [-0.15, -0.1) is 0 Å². The number of fused-ring (bicyclic) bond motifs is 4. The first-order valence-corrected chi connectivity index (χ1v) is 14.9. The minimum atomic E-state index is -2.02. The Labute approximate surface area is 268 Å². The molecule has 1 spiro atoms. The summed E-state index contributed by atoms with van der Waals surface area (Å²) in [4.78, 5) is 85.3. The van der Waals surface area contributed by atoms with Gasteiger partial charge in [-0.3, -0.25) is 28.8 Å². The predicted molar refractivity (Wildman–Crippen MR) is 170 cm³/mol. The van der Waals surface area contributed by atoms with Crippen LogP contribution in [0.15, 0.2) is 53.5 Å². The number of thiazole rings is 1. The smallest absolute Gasteiger partial charge is 0.302 e. The average molecular weight is 675 g/mol. The van der Waals surface area contributed by atoms with Crippen LogP contribution in [-0.2, 0) is 11.8 Å². The Bertz CT molecular complexity index is 2780. The number of phenols is 1. The van der Waals surface area contributed by atoms with Gasteiger partial charge in [0.1, 0.15) is 27.0 Å². The molecule has 0 aliphatic heterocycles. The van der Waals surface area contributed by atoms with Crippen molar-refractivity contribution in [1.29, 1.82) is 0 Å². The van der Waals surface area contributed by atoms with Crippen LogP contribution in [0.25, 0.3) is 22.3 Å². The average Bonchev–Trinajstić information content (AvgIpc) is 3.71. The van der Waals surface area contributed by atoms with E-state index < -0.39 is 82.5 Å². The van der Waals surface area contributed by atoms with E-state index in [9.17, 15) is 44.1 Å². The number of hydrogen-bond acceptors (Lipinski definition) is 13. The van der Waals surface area contributed by atoms with Crippen LogP contribution in [-0.4, -0.2) is 56.6 Å². The number of hydrazone groups is 1. The molecule has 4 aliphatic rings. The normalized spacial score (nSPS) is 16.9. The highest BCUT2D eigenvalue weighted by atomic mass is 35.5. The van der Waals surface area contributed by atoms with Gasteiger partial charge in [-0.25, -0.2) is 9.99 Å². The van der Waals surface area contributed by atoms with Crippen molar-refractivity contribution in [2.24, 2.45) is 5.10 Å². The number of hydrogen-bond donors (Lipinski definition) is 4. The van der Waals surface area contributed by atoms with Crippen molar-refractivity contribution in [3.63, 3.8) is 0 Å². The fourth-order valence-corrected chi connectivity index (χ4v) is 7.41. The van der Waals surface area contributed by atoms with Crippen LogP contribution >= 0.6 is 22.9 Å². The zero-order chi connectivity index (χ0) is 33.7. The fraction of sp³-hybridized carbons (Fsp3) is 0.161. The lowest BCUT2D eigenvalue weighted by atomic mass is 9.78. The molecule has 4 N–H and O–H groups in total. The number of halogens is 1. The van der Waals surface area contributed by atoms with Gasteiger partial charge in [-0.05, 0) is 29.9 Å². The Hall–Kier alpha value is -5.67. The number of benzene rings is 1. The maximum absolute atomic E-state index is 13.6. The number of ether oxygens (including phenoxy) is 1. The van der Waals surface area contributed by atoms with Gasteiger partial charge in [-0.2, -0.15) is 5.10 Å². The summed E-state index contributed by atoms with van der Waals surface area (Å²) in [5.41, 5.74) is -6.69. The molecule has 47 heavy (non-hydrogen) atoms. The van der Waals surface area contributed by atoms with E-state index in [4.69, 9.17) is 16.3 Å². The summed E-state index contributed by atoms with van der Waals surface area (Å²) < 4.78 is 5.21. The number of aliphatic hydroxyl groups excluding tert-OH is 2. The summed E-state index contributed by atoms with van der Waals surface area (Å²) in [5, 5.41) is 37.0. The number of aliphatic hydroxyl groups is 2. The zero-order valence-corrected chi connectivity index (χ0v) is 25.7. The molecule has 0 saturated heterocycles. The number of carbonyl (C=O) groups is 1. The molecule has 4 aliphatic carbocycles. The lowest BCUT2D eigenvalue weighted by Gasteiger charge is -2.27. The van der Waals surface area contributed by atoms with Crippen LogP contribution in [0.5, 0.6) is 11.5 Å². The van der Waals surface area contributed by atoms with Gasteiger partial charge in [0, 0.05) is 18.7 Å². The lowest BCUT2D eigenvalue weighted by molar-refractivity contribution is 0.0800. The monoisotopic (exact) mass is 674 g/mol. The highest BCUT2D eigenvalue weighted by molar-refractivity contribution is 7.17. The maximum Gasteiger partial charge on any atom is 0.302 e. The van der Waals surface area contributed by atoms with E-state index in [1.54, 1.807) is 6.07 Å². The van der Waals surface area contributed by atoms with Crippen molar-refractivity contribution in [2.45, 2.75) is 18.3 Å². The van der Waals surface area contributed by atoms with E-state index >= 15 is 0 Å². The minimum Gasteiger partial charge on any atom is -0.510 e. The summed E-state index contributed by atoms with van der Waals surface area (Å²) in [5.74, 6) is -3.23. The van der Waals surface area contributed by atoms with Crippen molar-refractivity contribution >= 4 is 57.4 Å². The number of aromatic nitrogens is 2. The summed E-state index contributed by atoms with van der Waals surface area (Å²) in [6.45, 7) is 0. The lowest BCUT2D eigenvalue weighted by Crippen LogP contribution is -2.51. The van der Waals surface area contributed by atoms with E-state index in [-0.39, 0.29) is 39.9 Å². The standard InChI is InChI=1S/C31H19ClN4O10S/c1-36(30(45)29-33-9-15(32)47-29)34-8-12-6-11-5-10-3-4-31(21(10)25(41)16(11)28(44)35-12)26(42)19-20(27(31)43)24(40)18-17(23(19)39)13(37)7-14(46-2)22(18)38/h5-9,41-43H,3-4H2,1-2H3,(H,35,44)/t31-/m0/s1. The second-order valence-corrected chi connectivity index (χ2v) is 12.6. The molecule has 7 rings (SSSR count). The summed E-state index contributed by atoms with van der Waals surface area (Å²) in [7, 11) is 2.49. The third kappa shape index (κ3) is 3.96. The summed E-state index contributed by atoms with van der Waals surface area (Å²) in [6.07, 6.45) is 2.52.